The number of rotatable bonds is 10. The van der Waals surface area contributed by atoms with Gasteiger partial charge in [0.15, 0.2) is 0 Å². The highest BCUT2D eigenvalue weighted by molar-refractivity contribution is 5.91. The van der Waals surface area contributed by atoms with E-state index in [4.69, 9.17) is 4.74 Å². The second-order valence-corrected chi connectivity index (χ2v) is 9.63. The maximum atomic E-state index is 12.2. The Morgan fingerprint density at radius 1 is 0.636 bits per heavy atom. The minimum absolute atomic E-state index is 0.0800. The van der Waals surface area contributed by atoms with E-state index >= 15 is 0 Å². The van der Waals surface area contributed by atoms with Gasteiger partial charge in [0.2, 0.25) is 11.8 Å². The molecule has 2 saturated carbocycles. The molecule has 2 N–H and O–H groups in total. The first-order chi connectivity index (χ1) is 16.1. The highest BCUT2D eigenvalue weighted by atomic mass is 16.5. The Labute approximate surface area is 197 Å². The van der Waals surface area contributed by atoms with Crippen LogP contribution in [0.1, 0.15) is 77.0 Å². The summed E-state index contributed by atoms with van der Waals surface area (Å²) in [4.78, 5) is 24.4. The third-order valence-corrected chi connectivity index (χ3v) is 7.02. The van der Waals surface area contributed by atoms with Crippen molar-refractivity contribution in [3.63, 3.8) is 0 Å². The van der Waals surface area contributed by atoms with Gasteiger partial charge >= 0.3 is 0 Å². The second kappa shape index (κ2) is 11.9. The zero-order valence-corrected chi connectivity index (χ0v) is 19.5. The fraction of sp³-hybridized carbons (Fsp3) is 0.500. The number of anilines is 2. The molecule has 4 rings (SSSR count). The van der Waals surface area contributed by atoms with E-state index < -0.39 is 0 Å². The topological polar surface area (TPSA) is 67.4 Å². The molecular weight excluding hydrogens is 412 g/mol. The van der Waals surface area contributed by atoms with Crippen LogP contribution in [0.2, 0.25) is 0 Å². The first-order valence-electron chi connectivity index (χ1n) is 12.6. The summed E-state index contributed by atoms with van der Waals surface area (Å²) in [6.07, 6.45) is 13.5. The lowest BCUT2D eigenvalue weighted by molar-refractivity contribution is -0.117. The average Bonchev–Trinajstić information content (AvgIpc) is 3.53. The van der Waals surface area contributed by atoms with Crippen molar-refractivity contribution in [1.29, 1.82) is 0 Å². The highest BCUT2D eigenvalue weighted by Gasteiger charge is 2.17. The third-order valence-electron chi connectivity index (χ3n) is 7.02. The van der Waals surface area contributed by atoms with Crippen LogP contribution >= 0.6 is 0 Å². The van der Waals surface area contributed by atoms with Gasteiger partial charge in [-0.3, -0.25) is 9.59 Å². The molecule has 0 bridgehead atoms. The first kappa shape index (κ1) is 23.3. The number of nitrogens with one attached hydrogen (secondary N) is 2. The number of benzene rings is 2. The van der Waals surface area contributed by atoms with Crippen molar-refractivity contribution in [3.8, 4) is 11.5 Å². The molecule has 176 valence electrons. The molecule has 0 atom stereocenters. The molecule has 2 aliphatic rings. The summed E-state index contributed by atoms with van der Waals surface area (Å²) in [7, 11) is 0. The van der Waals surface area contributed by atoms with Crippen molar-refractivity contribution >= 4 is 23.2 Å². The lowest BCUT2D eigenvalue weighted by atomic mass is 10.0. The zero-order valence-electron chi connectivity index (χ0n) is 19.5. The molecular formula is C28H36N2O3. The normalized spacial score (nSPS) is 16.6. The maximum absolute atomic E-state index is 12.2. The first-order valence-corrected chi connectivity index (χ1v) is 12.6. The molecule has 5 heteroatoms. The van der Waals surface area contributed by atoms with Gasteiger partial charge in [-0.05, 0) is 73.2 Å². The van der Waals surface area contributed by atoms with Crippen LogP contribution in [0.25, 0.3) is 0 Å². The molecule has 2 amide bonds. The van der Waals surface area contributed by atoms with Crippen molar-refractivity contribution in [2.24, 2.45) is 11.8 Å². The SMILES string of the molecule is O=C(CCC1CCCC1)Nc1ccc(Oc2ccc(NC(=O)CCC3CCCC3)cc2)cc1. The quantitative estimate of drug-likeness (QED) is 0.401. The molecule has 0 unspecified atom stereocenters. The summed E-state index contributed by atoms with van der Waals surface area (Å²) in [5.41, 5.74) is 1.57. The number of amides is 2. The van der Waals surface area contributed by atoms with E-state index in [2.05, 4.69) is 10.6 Å². The molecule has 2 aromatic rings. The Morgan fingerprint density at radius 2 is 1.00 bits per heavy atom. The van der Waals surface area contributed by atoms with Crippen LogP contribution in [0.15, 0.2) is 48.5 Å². The summed E-state index contributed by atoms with van der Waals surface area (Å²) in [6, 6.07) is 14.9. The summed E-state index contributed by atoms with van der Waals surface area (Å²) in [6.45, 7) is 0. The molecule has 0 radical (unpaired) electrons. The van der Waals surface area contributed by atoms with Gasteiger partial charge in [-0.15, -0.1) is 0 Å². The molecule has 5 nitrogen and oxygen atoms in total. The van der Waals surface area contributed by atoms with E-state index in [1.54, 1.807) is 0 Å². The van der Waals surface area contributed by atoms with E-state index in [9.17, 15) is 9.59 Å². The fourth-order valence-electron chi connectivity index (χ4n) is 5.06. The number of hydrogen-bond acceptors (Lipinski definition) is 3. The Bertz CT molecular complexity index is 820. The van der Waals surface area contributed by atoms with Gasteiger partial charge in [0.05, 0.1) is 0 Å². The lowest BCUT2D eigenvalue weighted by Gasteiger charge is -2.11. The number of carbonyl (C=O) groups excluding carboxylic acids is 2. The molecule has 33 heavy (non-hydrogen) atoms. The number of ether oxygens (including phenoxy) is 1. The summed E-state index contributed by atoms with van der Waals surface area (Å²) < 4.78 is 5.90. The van der Waals surface area contributed by atoms with E-state index in [1.165, 1.54) is 51.4 Å². The second-order valence-electron chi connectivity index (χ2n) is 9.63. The Hall–Kier alpha value is -2.82. The van der Waals surface area contributed by atoms with Gasteiger partial charge in [0.1, 0.15) is 11.5 Å². The van der Waals surface area contributed by atoms with E-state index in [1.807, 2.05) is 48.5 Å². The maximum Gasteiger partial charge on any atom is 0.224 e. The summed E-state index contributed by atoms with van der Waals surface area (Å²) in [5, 5.41) is 5.95. The minimum Gasteiger partial charge on any atom is -0.457 e. The molecule has 2 aromatic carbocycles. The van der Waals surface area contributed by atoms with Gasteiger partial charge in [-0.1, -0.05) is 51.4 Å². The van der Waals surface area contributed by atoms with Crippen LogP contribution in [-0.2, 0) is 9.59 Å². The minimum atomic E-state index is 0.0800. The summed E-state index contributed by atoms with van der Waals surface area (Å²) in [5.74, 6) is 3.01. The van der Waals surface area contributed by atoms with Crippen LogP contribution < -0.4 is 15.4 Å². The number of hydrogen-bond donors (Lipinski definition) is 2. The van der Waals surface area contributed by atoms with E-state index in [-0.39, 0.29) is 11.8 Å². The van der Waals surface area contributed by atoms with Crippen molar-refractivity contribution in [2.45, 2.75) is 77.0 Å². The number of carbonyl (C=O) groups is 2. The third kappa shape index (κ3) is 7.62. The molecule has 0 saturated heterocycles. The molecule has 0 spiro atoms. The van der Waals surface area contributed by atoms with E-state index in [0.717, 1.165) is 36.1 Å². The predicted molar refractivity (Wildman–Crippen MR) is 133 cm³/mol. The van der Waals surface area contributed by atoms with Gasteiger partial charge in [0, 0.05) is 24.2 Å². The van der Waals surface area contributed by atoms with Crippen molar-refractivity contribution in [2.75, 3.05) is 10.6 Å². The van der Waals surface area contributed by atoms with Gasteiger partial charge in [-0.25, -0.2) is 0 Å². The molecule has 2 fully saturated rings. The summed E-state index contributed by atoms with van der Waals surface area (Å²) >= 11 is 0. The molecule has 2 aliphatic carbocycles. The smallest absolute Gasteiger partial charge is 0.224 e. The lowest BCUT2D eigenvalue weighted by Crippen LogP contribution is -2.12. The van der Waals surface area contributed by atoms with Crippen molar-refractivity contribution < 1.29 is 14.3 Å². The largest absolute Gasteiger partial charge is 0.457 e. The van der Waals surface area contributed by atoms with Crippen LogP contribution in [0.3, 0.4) is 0 Å². The van der Waals surface area contributed by atoms with Gasteiger partial charge in [0.25, 0.3) is 0 Å². The van der Waals surface area contributed by atoms with Gasteiger partial charge in [-0.2, -0.15) is 0 Å². The van der Waals surface area contributed by atoms with Crippen LogP contribution in [0.4, 0.5) is 11.4 Å². The van der Waals surface area contributed by atoms with Crippen molar-refractivity contribution in [1.82, 2.24) is 0 Å². The highest BCUT2D eigenvalue weighted by Crippen LogP contribution is 2.30. The zero-order chi connectivity index (χ0) is 22.9. The Morgan fingerprint density at radius 3 is 1.36 bits per heavy atom. The molecule has 0 heterocycles. The van der Waals surface area contributed by atoms with Crippen LogP contribution in [0.5, 0.6) is 11.5 Å². The average molecular weight is 449 g/mol. The van der Waals surface area contributed by atoms with Gasteiger partial charge < -0.3 is 15.4 Å². The standard InChI is InChI=1S/C28H36N2O3/c31-27(19-9-21-5-1-2-6-21)29-23-11-15-25(16-12-23)33-26-17-13-24(14-18-26)30-28(32)20-10-22-7-3-4-8-22/h11-18,21-22H,1-10,19-20H2,(H,29,31)(H,30,32). The van der Waals surface area contributed by atoms with Crippen LogP contribution in [0, 0.1) is 11.8 Å². The Balaban J connectivity index is 1.19. The van der Waals surface area contributed by atoms with E-state index in [0.29, 0.717) is 24.3 Å². The molecule has 0 aliphatic heterocycles. The predicted octanol–water partition coefficient (Wildman–Crippen LogP) is 7.30. The monoisotopic (exact) mass is 448 g/mol. The van der Waals surface area contributed by atoms with Crippen molar-refractivity contribution in [3.05, 3.63) is 48.5 Å². The molecule has 0 aromatic heterocycles. The fourth-order valence-corrected chi connectivity index (χ4v) is 5.06. The van der Waals surface area contributed by atoms with Crippen LogP contribution in [-0.4, -0.2) is 11.8 Å². The Kier molecular flexibility index (Phi) is 8.40.